The zero-order chi connectivity index (χ0) is 18.3. The van der Waals surface area contributed by atoms with Crippen molar-refractivity contribution >= 4 is 11.6 Å². The van der Waals surface area contributed by atoms with E-state index in [0.717, 1.165) is 30.5 Å². The van der Waals surface area contributed by atoms with Crippen molar-refractivity contribution in [1.82, 2.24) is 5.43 Å². The molecule has 1 aromatic carbocycles. The maximum atomic E-state index is 12.0. The van der Waals surface area contributed by atoms with E-state index in [-0.39, 0.29) is 5.91 Å². The van der Waals surface area contributed by atoms with Gasteiger partial charge in [-0.15, -0.1) is 0 Å². The molecule has 0 aliphatic rings. The molecule has 0 fully saturated rings. The number of benzene rings is 1. The summed E-state index contributed by atoms with van der Waals surface area (Å²) >= 11 is 0. The van der Waals surface area contributed by atoms with E-state index in [9.17, 15) is 4.79 Å². The fourth-order valence-corrected chi connectivity index (χ4v) is 2.85. The van der Waals surface area contributed by atoms with Gasteiger partial charge in [0.05, 0.1) is 5.71 Å². The van der Waals surface area contributed by atoms with Crippen LogP contribution in [0.2, 0.25) is 0 Å². The minimum Gasteiger partial charge on any atom is -0.273 e. The third-order valence-electron chi connectivity index (χ3n) is 4.28. The second-order valence-corrected chi connectivity index (χ2v) is 7.28. The first-order valence-corrected chi connectivity index (χ1v) is 10.0. The highest BCUT2D eigenvalue weighted by Gasteiger charge is 2.07. The molecule has 0 spiro atoms. The number of hydrazone groups is 1. The van der Waals surface area contributed by atoms with Crippen LogP contribution in [-0.4, -0.2) is 11.6 Å². The van der Waals surface area contributed by atoms with Gasteiger partial charge in [-0.1, -0.05) is 96.0 Å². The molecule has 0 heterocycles. The monoisotopic (exact) mass is 344 g/mol. The highest BCUT2D eigenvalue weighted by atomic mass is 16.2. The predicted molar refractivity (Wildman–Crippen MR) is 108 cm³/mol. The lowest BCUT2D eigenvalue weighted by Gasteiger charge is -2.10. The number of unbranched alkanes of at least 4 members (excludes halogenated alkanes) is 7. The van der Waals surface area contributed by atoms with Crippen molar-refractivity contribution in [2.45, 2.75) is 85.0 Å². The Kier molecular flexibility index (Phi) is 11.7. The summed E-state index contributed by atoms with van der Waals surface area (Å²) in [6.45, 7) is 6.58. The van der Waals surface area contributed by atoms with E-state index < -0.39 is 0 Å². The lowest BCUT2D eigenvalue weighted by Crippen LogP contribution is -2.20. The summed E-state index contributed by atoms with van der Waals surface area (Å²) in [4.78, 5) is 12.0. The molecule has 0 aromatic heterocycles. The predicted octanol–water partition coefficient (Wildman–Crippen LogP) is 6.08. The van der Waals surface area contributed by atoms with Crippen LogP contribution in [0.1, 0.15) is 90.5 Å². The number of nitrogens with zero attached hydrogens (tertiary/aromatic N) is 1. The largest absolute Gasteiger partial charge is 0.273 e. The van der Waals surface area contributed by atoms with E-state index in [1.807, 2.05) is 30.3 Å². The van der Waals surface area contributed by atoms with Crippen LogP contribution in [0.15, 0.2) is 35.4 Å². The van der Waals surface area contributed by atoms with Gasteiger partial charge >= 0.3 is 0 Å². The van der Waals surface area contributed by atoms with Gasteiger partial charge in [-0.05, 0) is 24.3 Å². The Morgan fingerprint density at radius 2 is 1.56 bits per heavy atom. The van der Waals surface area contributed by atoms with Crippen molar-refractivity contribution in [2.24, 2.45) is 11.0 Å². The summed E-state index contributed by atoms with van der Waals surface area (Å²) in [5, 5.41) is 4.40. The lowest BCUT2D eigenvalue weighted by atomic mass is 10.0. The minimum absolute atomic E-state index is 0.0307. The van der Waals surface area contributed by atoms with E-state index in [1.165, 1.54) is 38.5 Å². The Morgan fingerprint density at radius 3 is 2.16 bits per heavy atom. The zero-order valence-electron chi connectivity index (χ0n) is 16.4. The third kappa shape index (κ3) is 10.8. The topological polar surface area (TPSA) is 41.5 Å². The number of carbonyl (C=O) groups is 1. The maximum Gasteiger partial charge on any atom is 0.240 e. The second-order valence-electron chi connectivity index (χ2n) is 7.28. The molecular formula is C22H36N2O. The molecule has 140 valence electrons. The van der Waals surface area contributed by atoms with Crippen molar-refractivity contribution in [3.05, 3.63) is 35.9 Å². The Morgan fingerprint density at radius 1 is 0.960 bits per heavy atom. The summed E-state index contributed by atoms with van der Waals surface area (Å²) in [5.41, 5.74) is 4.80. The smallest absolute Gasteiger partial charge is 0.240 e. The van der Waals surface area contributed by atoms with Crippen LogP contribution in [0.3, 0.4) is 0 Å². The molecule has 3 nitrogen and oxygen atoms in total. The Labute approximate surface area is 154 Å². The number of carbonyl (C=O) groups excluding carboxylic acids is 1. The minimum atomic E-state index is 0.0307. The average Bonchev–Trinajstić information content (AvgIpc) is 2.61. The van der Waals surface area contributed by atoms with E-state index in [1.54, 1.807) is 0 Å². The first kappa shape index (κ1) is 21.4. The molecule has 0 aliphatic carbocycles. The highest BCUT2D eigenvalue weighted by Crippen LogP contribution is 2.11. The van der Waals surface area contributed by atoms with Crippen LogP contribution < -0.4 is 5.43 Å². The Bertz CT molecular complexity index is 494. The molecule has 1 N–H and O–H groups in total. The van der Waals surface area contributed by atoms with E-state index >= 15 is 0 Å². The second kappa shape index (κ2) is 13.6. The summed E-state index contributed by atoms with van der Waals surface area (Å²) in [7, 11) is 0. The molecule has 0 atom stereocenters. The maximum absolute atomic E-state index is 12.0. The van der Waals surface area contributed by atoms with Gasteiger partial charge in [0.15, 0.2) is 0 Å². The van der Waals surface area contributed by atoms with Crippen LogP contribution in [0.25, 0.3) is 0 Å². The van der Waals surface area contributed by atoms with E-state index in [2.05, 4.69) is 31.3 Å². The van der Waals surface area contributed by atoms with Crippen LogP contribution in [0.4, 0.5) is 0 Å². The van der Waals surface area contributed by atoms with Gasteiger partial charge in [0.2, 0.25) is 5.91 Å². The summed E-state index contributed by atoms with van der Waals surface area (Å²) < 4.78 is 0. The van der Waals surface area contributed by atoms with Gasteiger partial charge in [0.25, 0.3) is 0 Å². The summed E-state index contributed by atoms with van der Waals surface area (Å²) in [5.74, 6) is 0.534. The third-order valence-corrected chi connectivity index (χ3v) is 4.28. The molecule has 3 heteroatoms. The quantitative estimate of drug-likeness (QED) is 0.263. The SMILES string of the molecule is CCCCCCCCCCC(=O)N/N=C(\CC(C)C)c1ccccc1. The molecule has 1 amide bonds. The van der Waals surface area contributed by atoms with Gasteiger partial charge in [0.1, 0.15) is 0 Å². The lowest BCUT2D eigenvalue weighted by molar-refractivity contribution is -0.121. The van der Waals surface area contributed by atoms with Crippen LogP contribution >= 0.6 is 0 Å². The Hall–Kier alpha value is -1.64. The molecule has 1 aromatic rings. The number of nitrogens with one attached hydrogen (secondary N) is 1. The molecule has 0 bridgehead atoms. The molecule has 25 heavy (non-hydrogen) atoms. The fourth-order valence-electron chi connectivity index (χ4n) is 2.85. The fraction of sp³-hybridized carbons (Fsp3) is 0.636. The first-order valence-electron chi connectivity index (χ1n) is 10.0. The van der Waals surface area contributed by atoms with Gasteiger partial charge in [-0.3, -0.25) is 4.79 Å². The molecule has 0 radical (unpaired) electrons. The molecular weight excluding hydrogens is 308 g/mol. The average molecular weight is 345 g/mol. The number of rotatable bonds is 13. The molecule has 0 saturated heterocycles. The Balaban J connectivity index is 2.30. The first-order chi connectivity index (χ1) is 12.1. The van der Waals surface area contributed by atoms with Gasteiger partial charge in [0, 0.05) is 6.42 Å². The normalized spacial score (nSPS) is 11.8. The summed E-state index contributed by atoms with van der Waals surface area (Å²) in [6.07, 6.45) is 11.4. The summed E-state index contributed by atoms with van der Waals surface area (Å²) in [6, 6.07) is 10.1. The van der Waals surface area contributed by atoms with E-state index in [4.69, 9.17) is 0 Å². The van der Waals surface area contributed by atoms with Crippen molar-refractivity contribution < 1.29 is 4.79 Å². The van der Waals surface area contributed by atoms with Crippen LogP contribution in [0.5, 0.6) is 0 Å². The van der Waals surface area contributed by atoms with Gasteiger partial charge < -0.3 is 0 Å². The standard InChI is InChI=1S/C22H36N2O/c1-4-5-6-7-8-9-10-14-17-22(25)24-23-21(18-19(2)3)20-15-12-11-13-16-20/h11-13,15-16,19H,4-10,14,17-18H2,1-3H3,(H,24,25)/b23-21+. The van der Waals surface area contributed by atoms with Gasteiger partial charge in [-0.2, -0.15) is 5.10 Å². The molecule has 0 saturated carbocycles. The van der Waals surface area contributed by atoms with Crippen molar-refractivity contribution in [1.29, 1.82) is 0 Å². The van der Waals surface area contributed by atoms with E-state index in [0.29, 0.717) is 12.3 Å². The molecule has 0 aliphatic heterocycles. The number of hydrogen-bond donors (Lipinski definition) is 1. The van der Waals surface area contributed by atoms with Crippen molar-refractivity contribution in [3.8, 4) is 0 Å². The molecule has 1 rings (SSSR count). The number of amides is 1. The van der Waals surface area contributed by atoms with Crippen molar-refractivity contribution in [2.75, 3.05) is 0 Å². The highest BCUT2D eigenvalue weighted by molar-refractivity contribution is 6.01. The number of hydrogen-bond acceptors (Lipinski definition) is 2. The van der Waals surface area contributed by atoms with Gasteiger partial charge in [-0.25, -0.2) is 5.43 Å². The molecule has 0 unspecified atom stereocenters. The van der Waals surface area contributed by atoms with Crippen molar-refractivity contribution in [3.63, 3.8) is 0 Å². The van der Waals surface area contributed by atoms with Crippen LogP contribution in [-0.2, 0) is 4.79 Å². The van der Waals surface area contributed by atoms with Crippen LogP contribution in [0, 0.1) is 5.92 Å². The zero-order valence-corrected chi connectivity index (χ0v) is 16.4.